The lowest BCUT2D eigenvalue weighted by atomic mass is 9.92. The molecule has 0 aromatic heterocycles. The molecule has 1 heterocycles. The number of ether oxygens (including phenoxy) is 1. The molecule has 1 fully saturated rings. The SMILES string of the molecule is CCc1ccc(CCc2c(C)cc(C3CO3)c(C(F)F)c2F)cc1. The van der Waals surface area contributed by atoms with E-state index in [1.54, 1.807) is 13.0 Å². The molecule has 0 amide bonds. The van der Waals surface area contributed by atoms with Crippen molar-refractivity contribution in [2.45, 2.75) is 45.6 Å². The van der Waals surface area contributed by atoms with E-state index < -0.39 is 17.8 Å². The molecule has 0 aliphatic carbocycles. The van der Waals surface area contributed by atoms with Crippen molar-refractivity contribution < 1.29 is 17.9 Å². The van der Waals surface area contributed by atoms with Gasteiger partial charge in [0.2, 0.25) is 0 Å². The Kier molecular flexibility index (Phi) is 4.95. The number of halogens is 3. The Morgan fingerprint density at radius 2 is 1.75 bits per heavy atom. The Morgan fingerprint density at radius 1 is 1.12 bits per heavy atom. The third kappa shape index (κ3) is 3.48. The Balaban J connectivity index is 1.85. The second kappa shape index (κ2) is 6.98. The monoisotopic (exact) mass is 334 g/mol. The number of hydrogen-bond donors (Lipinski definition) is 0. The number of benzene rings is 2. The van der Waals surface area contributed by atoms with Crippen molar-refractivity contribution in [2.75, 3.05) is 6.61 Å². The Morgan fingerprint density at radius 3 is 2.29 bits per heavy atom. The van der Waals surface area contributed by atoms with Crippen molar-refractivity contribution in [1.29, 1.82) is 0 Å². The van der Waals surface area contributed by atoms with Crippen LogP contribution in [0.1, 0.15) is 52.8 Å². The molecule has 3 rings (SSSR count). The fourth-order valence-corrected chi connectivity index (χ4v) is 3.09. The van der Waals surface area contributed by atoms with Gasteiger partial charge in [-0.15, -0.1) is 0 Å². The molecular formula is C20H21F3O. The van der Waals surface area contributed by atoms with E-state index in [1.165, 1.54) is 5.56 Å². The standard InChI is InChI=1S/C20H21F3O/c1-3-13-4-6-14(7-5-13)8-9-15-12(2)10-16(17-11-24-17)18(19(15)21)20(22)23/h4-7,10,17,20H,3,8-9,11H2,1-2H3. The number of hydrogen-bond acceptors (Lipinski definition) is 1. The molecule has 128 valence electrons. The first kappa shape index (κ1) is 17.0. The van der Waals surface area contributed by atoms with Crippen LogP contribution in [0, 0.1) is 12.7 Å². The predicted molar refractivity (Wildman–Crippen MR) is 88.0 cm³/mol. The first-order chi connectivity index (χ1) is 11.5. The molecule has 2 aromatic rings. The summed E-state index contributed by atoms with van der Waals surface area (Å²) in [5.74, 6) is -0.763. The second-order valence-corrected chi connectivity index (χ2v) is 6.28. The van der Waals surface area contributed by atoms with Gasteiger partial charge in [0.05, 0.1) is 12.2 Å². The van der Waals surface area contributed by atoms with E-state index in [4.69, 9.17) is 4.74 Å². The third-order valence-corrected chi connectivity index (χ3v) is 4.65. The van der Waals surface area contributed by atoms with Crippen LogP contribution in [-0.4, -0.2) is 6.61 Å². The minimum absolute atomic E-state index is 0.302. The average molecular weight is 334 g/mol. The topological polar surface area (TPSA) is 12.5 Å². The van der Waals surface area contributed by atoms with E-state index in [0.29, 0.717) is 36.1 Å². The van der Waals surface area contributed by atoms with Crippen LogP contribution >= 0.6 is 0 Å². The van der Waals surface area contributed by atoms with Crippen LogP contribution in [-0.2, 0) is 24.0 Å². The molecule has 1 aliphatic heterocycles. The van der Waals surface area contributed by atoms with Crippen molar-refractivity contribution in [3.8, 4) is 0 Å². The summed E-state index contributed by atoms with van der Waals surface area (Å²) in [5, 5.41) is 0. The maximum atomic E-state index is 14.7. The summed E-state index contributed by atoms with van der Waals surface area (Å²) < 4.78 is 46.5. The molecule has 0 spiro atoms. The van der Waals surface area contributed by atoms with E-state index in [-0.39, 0.29) is 6.10 Å². The zero-order valence-corrected chi connectivity index (χ0v) is 13.9. The molecule has 0 saturated carbocycles. The zero-order valence-electron chi connectivity index (χ0n) is 13.9. The van der Waals surface area contributed by atoms with Crippen LogP contribution in [0.5, 0.6) is 0 Å². The van der Waals surface area contributed by atoms with Gasteiger partial charge in [0.25, 0.3) is 6.43 Å². The van der Waals surface area contributed by atoms with Crippen molar-refractivity contribution in [3.05, 3.63) is 69.5 Å². The fourth-order valence-electron chi connectivity index (χ4n) is 3.09. The van der Waals surface area contributed by atoms with Gasteiger partial charge in [-0.2, -0.15) is 0 Å². The Hall–Kier alpha value is -1.81. The second-order valence-electron chi connectivity index (χ2n) is 6.28. The third-order valence-electron chi connectivity index (χ3n) is 4.65. The van der Waals surface area contributed by atoms with Gasteiger partial charge in [0.1, 0.15) is 11.9 Å². The first-order valence-electron chi connectivity index (χ1n) is 8.30. The molecule has 1 unspecified atom stereocenters. The highest BCUT2D eigenvalue weighted by Gasteiger charge is 2.33. The van der Waals surface area contributed by atoms with Crippen LogP contribution in [0.3, 0.4) is 0 Å². The van der Waals surface area contributed by atoms with Crippen LogP contribution in [0.25, 0.3) is 0 Å². The molecule has 24 heavy (non-hydrogen) atoms. The van der Waals surface area contributed by atoms with E-state index >= 15 is 0 Å². The fraction of sp³-hybridized carbons (Fsp3) is 0.400. The number of alkyl halides is 2. The van der Waals surface area contributed by atoms with Crippen LogP contribution < -0.4 is 0 Å². The maximum Gasteiger partial charge on any atom is 0.267 e. The molecule has 4 heteroatoms. The highest BCUT2D eigenvalue weighted by molar-refractivity contribution is 5.43. The lowest BCUT2D eigenvalue weighted by Crippen LogP contribution is -2.07. The van der Waals surface area contributed by atoms with Gasteiger partial charge in [-0.25, -0.2) is 13.2 Å². The van der Waals surface area contributed by atoms with Gasteiger partial charge in [0, 0.05) is 0 Å². The highest BCUT2D eigenvalue weighted by Crippen LogP contribution is 2.40. The van der Waals surface area contributed by atoms with E-state index in [2.05, 4.69) is 19.1 Å². The summed E-state index contributed by atoms with van der Waals surface area (Å²) in [7, 11) is 0. The van der Waals surface area contributed by atoms with E-state index in [0.717, 1.165) is 12.0 Å². The van der Waals surface area contributed by atoms with E-state index in [1.807, 2.05) is 12.1 Å². The quantitative estimate of drug-likeness (QED) is 0.636. The molecule has 0 radical (unpaired) electrons. The minimum Gasteiger partial charge on any atom is -0.368 e. The first-order valence-corrected chi connectivity index (χ1v) is 8.30. The molecule has 0 bridgehead atoms. The maximum absolute atomic E-state index is 14.7. The normalized spacial score (nSPS) is 16.7. The summed E-state index contributed by atoms with van der Waals surface area (Å²) in [5.41, 5.74) is 3.24. The summed E-state index contributed by atoms with van der Waals surface area (Å²) in [4.78, 5) is 0. The zero-order chi connectivity index (χ0) is 17.3. The van der Waals surface area contributed by atoms with Crippen LogP contribution in [0.15, 0.2) is 30.3 Å². The highest BCUT2D eigenvalue weighted by atomic mass is 19.3. The van der Waals surface area contributed by atoms with Crippen LogP contribution in [0.2, 0.25) is 0 Å². The molecular weight excluding hydrogens is 313 g/mol. The van der Waals surface area contributed by atoms with Gasteiger partial charge in [-0.3, -0.25) is 0 Å². The molecule has 1 saturated heterocycles. The summed E-state index contributed by atoms with van der Waals surface area (Å²) in [6, 6.07) is 9.81. The van der Waals surface area contributed by atoms with Crippen LogP contribution in [0.4, 0.5) is 13.2 Å². The van der Waals surface area contributed by atoms with Crippen molar-refractivity contribution in [3.63, 3.8) is 0 Å². The number of rotatable bonds is 6. The lowest BCUT2D eigenvalue weighted by Gasteiger charge is -2.15. The molecule has 1 nitrogen and oxygen atoms in total. The average Bonchev–Trinajstić information content (AvgIpc) is 3.39. The number of aryl methyl sites for hydroxylation is 3. The summed E-state index contributed by atoms with van der Waals surface area (Å²) in [6.07, 6.45) is -1.19. The van der Waals surface area contributed by atoms with Gasteiger partial charge < -0.3 is 4.74 Å². The Bertz CT molecular complexity index is 719. The largest absolute Gasteiger partial charge is 0.368 e. The van der Waals surface area contributed by atoms with Gasteiger partial charge in [-0.05, 0) is 54.0 Å². The Labute approximate surface area is 140 Å². The molecule has 0 N–H and O–H groups in total. The molecule has 1 aliphatic rings. The van der Waals surface area contributed by atoms with Crippen molar-refractivity contribution >= 4 is 0 Å². The van der Waals surface area contributed by atoms with E-state index in [9.17, 15) is 13.2 Å². The van der Waals surface area contributed by atoms with Crippen molar-refractivity contribution in [1.82, 2.24) is 0 Å². The molecule has 2 aromatic carbocycles. The summed E-state index contributed by atoms with van der Waals surface area (Å²) in [6.45, 7) is 4.26. The van der Waals surface area contributed by atoms with Crippen molar-refractivity contribution in [2.24, 2.45) is 0 Å². The minimum atomic E-state index is -2.83. The predicted octanol–water partition coefficient (Wildman–Crippen LogP) is 5.49. The molecule has 1 atom stereocenters. The summed E-state index contributed by atoms with van der Waals surface area (Å²) >= 11 is 0. The van der Waals surface area contributed by atoms with Gasteiger partial charge >= 0.3 is 0 Å². The van der Waals surface area contributed by atoms with Gasteiger partial charge in [-0.1, -0.05) is 37.3 Å². The lowest BCUT2D eigenvalue weighted by molar-refractivity contribution is 0.144. The smallest absolute Gasteiger partial charge is 0.267 e. The van der Waals surface area contributed by atoms with Gasteiger partial charge in [0.15, 0.2) is 0 Å². The number of epoxide rings is 1.